The largest absolute Gasteiger partial charge is 0.354 e. The number of hydrogen-bond donors (Lipinski definition) is 2. The fraction of sp³-hybridized carbons (Fsp3) is 0.615. The zero-order chi connectivity index (χ0) is 14.5. The molecule has 1 aromatic rings. The predicted octanol–water partition coefficient (Wildman–Crippen LogP) is 0.230. The van der Waals surface area contributed by atoms with Gasteiger partial charge in [-0.1, -0.05) is 0 Å². The molecule has 3 amide bonds. The zero-order valence-electron chi connectivity index (χ0n) is 11.9. The van der Waals surface area contributed by atoms with Gasteiger partial charge in [-0.25, -0.2) is 4.79 Å². The van der Waals surface area contributed by atoms with Gasteiger partial charge in [-0.2, -0.15) is 5.10 Å². The molecule has 20 heavy (non-hydrogen) atoms. The van der Waals surface area contributed by atoms with E-state index in [2.05, 4.69) is 15.7 Å². The van der Waals surface area contributed by atoms with Gasteiger partial charge in [-0.05, 0) is 19.3 Å². The predicted molar refractivity (Wildman–Crippen MR) is 73.9 cm³/mol. The van der Waals surface area contributed by atoms with Crippen LogP contribution in [0.25, 0.3) is 0 Å². The summed E-state index contributed by atoms with van der Waals surface area (Å²) in [4.78, 5) is 25.4. The second kappa shape index (κ2) is 6.40. The molecule has 1 aliphatic heterocycles. The van der Waals surface area contributed by atoms with Gasteiger partial charge in [-0.15, -0.1) is 0 Å². The number of amides is 3. The summed E-state index contributed by atoms with van der Waals surface area (Å²) in [5.41, 5.74) is 0.954. The van der Waals surface area contributed by atoms with Gasteiger partial charge in [-0.3, -0.25) is 9.48 Å². The molecule has 7 heteroatoms. The van der Waals surface area contributed by atoms with Crippen molar-refractivity contribution in [3.63, 3.8) is 0 Å². The third-order valence-electron chi connectivity index (χ3n) is 3.36. The van der Waals surface area contributed by atoms with Crippen molar-refractivity contribution in [1.29, 1.82) is 0 Å². The molecule has 0 spiro atoms. The lowest BCUT2D eigenvalue weighted by Crippen LogP contribution is -2.49. The van der Waals surface area contributed by atoms with Crippen LogP contribution in [0.1, 0.15) is 24.8 Å². The van der Waals surface area contributed by atoms with Crippen molar-refractivity contribution in [2.75, 3.05) is 13.6 Å². The van der Waals surface area contributed by atoms with Gasteiger partial charge in [0.15, 0.2) is 0 Å². The molecule has 1 atom stereocenters. The van der Waals surface area contributed by atoms with Gasteiger partial charge >= 0.3 is 6.03 Å². The van der Waals surface area contributed by atoms with Crippen LogP contribution in [0.3, 0.4) is 0 Å². The minimum atomic E-state index is -0.429. The van der Waals surface area contributed by atoms with E-state index < -0.39 is 6.04 Å². The quantitative estimate of drug-likeness (QED) is 0.831. The highest BCUT2D eigenvalue weighted by atomic mass is 16.2. The third kappa shape index (κ3) is 3.72. The van der Waals surface area contributed by atoms with E-state index >= 15 is 0 Å². The van der Waals surface area contributed by atoms with Crippen LogP contribution in [0.15, 0.2) is 12.4 Å². The highest BCUT2D eigenvalue weighted by molar-refractivity contribution is 5.87. The summed E-state index contributed by atoms with van der Waals surface area (Å²) in [5.74, 6) is -0.0920. The summed E-state index contributed by atoms with van der Waals surface area (Å²) < 4.78 is 1.69. The lowest BCUT2D eigenvalue weighted by atomic mass is 10.1. The fourth-order valence-electron chi connectivity index (χ4n) is 2.24. The summed E-state index contributed by atoms with van der Waals surface area (Å²) in [5, 5.41) is 9.65. The second-order valence-corrected chi connectivity index (χ2v) is 5.17. The minimum absolute atomic E-state index is 0.0920. The highest BCUT2D eigenvalue weighted by Gasteiger charge is 2.23. The second-order valence-electron chi connectivity index (χ2n) is 5.17. The Morgan fingerprint density at radius 2 is 2.40 bits per heavy atom. The highest BCUT2D eigenvalue weighted by Crippen LogP contribution is 2.07. The van der Waals surface area contributed by atoms with Crippen molar-refractivity contribution in [1.82, 2.24) is 25.3 Å². The molecule has 1 aliphatic rings. The first-order valence-corrected chi connectivity index (χ1v) is 6.83. The minimum Gasteiger partial charge on any atom is -0.354 e. The van der Waals surface area contributed by atoms with Crippen LogP contribution in [-0.4, -0.2) is 46.3 Å². The number of carbonyl (C=O) groups excluding carboxylic acids is 2. The van der Waals surface area contributed by atoms with E-state index in [1.807, 2.05) is 13.2 Å². The smallest absolute Gasteiger partial charge is 0.318 e. The molecule has 1 saturated heterocycles. The van der Waals surface area contributed by atoms with E-state index in [9.17, 15) is 9.59 Å². The van der Waals surface area contributed by atoms with E-state index in [4.69, 9.17) is 0 Å². The summed E-state index contributed by atoms with van der Waals surface area (Å²) in [6.07, 6.45) is 6.18. The lowest BCUT2D eigenvalue weighted by molar-refractivity contribution is -0.122. The first kappa shape index (κ1) is 14.4. The SMILES string of the molecule is CN(Cc1cnn(C)c1)C(=O)NC1CCCCNC1=O. The molecule has 7 nitrogen and oxygen atoms in total. The van der Waals surface area contributed by atoms with Crippen molar-refractivity contribution in [2.45, 2.75) is 31.8 Å². The van der Waals surface area contributed by atoms with Crippen LogP contribution >= 0.6 is 0 Å². The van der Waals surface area contributed by atoms with E-state index in [0.717, 1.165) is 18.4 Å². The van der Waals surface area contributed by atoms with Crippen LogP contribution < -0.4 is 10.6 Å². The van der Waals surface area contributed by atoms with Gasteiger partial charge in [0.1, 0.15) is 6.04 Å². The molecule has 1 fully saturated rings. The van der Waals surface area contributed by atoms with Crippen LogP contribution in [0.4, 0.5) is 4.79 Å². The maximum absolute atomic E-state index is 12.1. The number of aryl methyl sites for hydroxylation is 1. The average molecular weight is 279 g/mol. The van der Waals surface area contributed by atoms with E-state index in [1.54, 1.807) is 22.8 Å². The zero-order valence-corrected chi connectivity index (χ0v) is 11.9. The monoisotopic (exact) mass is 279 g/mol. The standard InChI is InChI=1S/C13H21N5O2/c1-17(8-10-7-15-18(2)9-10)13(20)16-11-5-3-4-6-14-12(11)19/h7,9,11H,3-6,8H2,1-2H3,(H,14,19)(H,16,20). The van der Waals surface area contributed by atoms with Gasteiger partial charge in [0.25, 0.3) is 0 Å². The Labute approximate surface area is 118 Å². The number of aromatic nitrogens is 2. The third-order valence-corrected chi connectivity index (χ3v) is 3.36. The molecule has 1 unspecified atom stereocenters. The summed E-state index contributed by atoms with van der Waals surface area (Å²) in [6, 6.07) is -0.669. The number of carbonyl (C=O) groups is 2. The number of rotatable bonds is 3. The Balaban J connectivity index is 1.88. The first-order chi connectivity index (χ1) is 9.56. The molecule has 0 aromatic carbocycles. The van der Waals surface area contributed by atoms with E-state index in [0.29, 0.717) is 19.5 Å². The number of urea groups is 1. The molecule has 2 rings (SSSR count). The summed E-state index contributed by atoms with van der Waals surface area (Å²) in [6.45, 7) is 1.16. The molecule has 0 bridgehead atoms. The molecule has 2 heterocycles. The Bertz CT molecular complexity index is 485. The van der Waals surface area contributed by atoms with Gasteiger partial charge < -0.3 is 15.5 Å². The summed E-state index contributed by atoms with van der Waals surface area (Å²) >= 11 is 0. The first-order valence-electron chi connectivity index (χ1n) is 6.83. The molecular formula is C13H21N5O2. The van der Waals surface area contributed by atoms with Gasteiger partial charge in [0.05, 0.1) is 12.7 Å². The van der Waals surface area contributed by atoms with E-state index in [1.165, 1.54) is 0 Å². The number of nitrogens with one attached hydrogen (secondary N) is 2. The van der Waals surface area contributed by atoms with Crippen LogP contribution in [-0.2, 0) is 18.4 Å². The molecule has 0 saturated carbocycles. The topological polar surface area (TPSA) is 79.3 Å². The fourth-order valence-corrected chi connectivity index (χ4v) is 2.24. The normalized spacial score (nSPS) is 19.1. The van der Waals surface area contributed by atoms with Crippen LogP contribution in [0.5, 0.6) is 0 Å². The van der Waals surface area contributed by atoms with Gasteiger partial charge in [0.2, 0.25) is 5.91 Å². The Hall–Kier alpha value is -2.05. The average Bonchev–Trinajstić information content (AvgIpc) is 2.70. The maximum Gasteiger partial charge on any atom is 0.318 e. The number of hydrogen-bond acceptors (Lipinski definition) is 3. The maximum atomic E-state index is 12.1. The Morgan fingerprint density at radius 1 is 1.60 bits per heavy atom. The van der Waals surface area contributed by atoms with Crippen molar-refractivity contribution in [3.05, 3.63) is 18.0 Å². The Morgan fingerprint density at radius 3 is 3.10 bits per heavy atom. The van der Waals surface area contributed by atoms with Crippen molar-refractivity contribution < 1.29 is 9.59 Å². The molecule has 0 radical (unpaired) electrons. The number of nitrogens with zero attached hydrogens (tertiary/aromatic N) is 3. The van der Waals surface area contributed by atoms with Gasteiger partial charge in [0, 0.05) is 32.4 Å². The lowest BCUT2D eigenvalue weighted by Gasteiger charge is -2.21. The van der Waals surface area contributed by atoms with Crippen molar-refractivity contribution in [2.24, 2.45) is 7.05 Å². The molecule has 2 N–H and O–H groups in total. The molecule has 0 aliphatic carbocycles. The molecule has 110 valence electrons. The molecule has 1 aromatic heterocycles. The van der Waals surface area contributed by atoms with Crippen LogP contribution in [0.2, 0.25) is 0 Å². The van der Waals surface area contributed by atoms with Crippen molar-refractivity contribution >= 4 is 11.9 Å². The molecular weight excluding hydrogens is 258 g/mol. The van der Waals surface area contributed by atoms with Crippen LogP contribution in [0, 0.1) is 0 Å². The Kier molecular flexibility index (Phi) is 4.60. The van der Waals surface area contributed by atoms with E-state index in [-0.39, 0.29) is 11.9 Å². The summed E-state index contributed by atoms with van der Waals surface area (Å²) in [7, 11) is 3.54. The van der Waals surface area contributed by atoms with Crippen molar-refractivity contribution in [3.8, 4) is 0 Å².